The van der Waals surface area contributed by atoms with Crippen LogP contribution in [-0.4, -0.2) is 38.7 Å². The van der Waals surface area contributed by atoms with Crippen molar-refractivity contribution in [2.45, 2.75) is 39.8 Å². The number of hydrogen-bond donors (Lipinski definition) is 2. The summed E-state index contributed by atoms with van der Waals surface area (Å²) in [6.07, 6.45) is 1.92. The topological polar surface area (TPSA) is 82.8 Å². The van der Waals surface area contributed by atoms with E-state index in [0.717, 1.165) is 18.8 Å². The van der Waals surface area contributed by atoms with Gasteiger partial charge in [0.25, 0.3) is 0 Å². The van der Waals surface area contributed by atoms with Crippen molar-refractivity contribution in [3.05, 3.63) is 28.2 Å². The van der Waals surface area contributed by atoms with Crippen LogP contribution in [0.25, 0.3) is 0 Å². The Bertz CT molecular complexity index is 506. The molecule has 1 rings (SSSR count). The lowest BCUT2D eigenvalue weighted by molar-refractivity contribution is -0.137. The number of carboxylic acids is 1. The standard InChI is InChI=1S/C14H22N2O4/c1-3-15(4-2)9-11-8-12(17)13(18)10-16(11)7-5-6-14(19)20/h8,10,18H,3-7,9H2,1-2H3,(H,19,20). The third-order valence-corrected chi connectivity index (χ3v) is 3.27. The molecule has 0 spiro atoms. The summed E-state index contributed by atoms with van der Waals surface area (Å²) in [5.74, 6) is -1.15. The van der Waals surface area contributed by atoms with Crippen molar-refractivity contribution in [3.63, 3.8) is 0 Å². The van der Waals surface area contributed by atoms with Crippen LogP contribution in [0, 0.1) is 0 Å². The van der Waals surface area contributed by atoms with Gasteiger partial charge in [-0.1, -0.05) is 13.8 Å². The van der Waals surface area contributed by atoms with Gasteiger partial charge in [-0.25, -0.2) is 0 Å². The highest BCUT2D eigenvalue weighted by molar-refractivity contribution is 5.66. The number of aliphatic carboxylic acids is 1. The van der Waals surface area contributed by atoms with E-state index in [-0.39, 0.29) is 12.2 Å². The molecule has 112 valence electrons. The zero-order valence-electron chi connectivity index (χ0n) is 12.0. The van der Waals surface area contributed by atoms with Crippen molar-refractivity contribution >= 4 is 5.97 Å². The molecule has 0 aliphatic rings. The van der Waals surface area contributed by atoms with Gasteiger partial charge in [0, 0.05) is 31.3 Å². The number of carboxylic acid groups (broad SMARTS) is 1. The van der Waals surface area contributed by atoms with Crippen molar-refractivity contribution in [2.75, 3.05) is 13.1 Å². The molecule has 0 amide bonds. The van der Waals surface area contributed by atoms with Crippen LogP contribution in [0.1, 0.15) is 32.4 Å². The molecule has 0 aliphatic heterocycles. The van der Waals surface area contributed by atoms with E-state index in [1.54, 1.807) is 4.57 Å². The van der Waals surface area contributed by atoms with Crippen molar-refractivity contribution in [1.82, 2.24) is 9.47 Å². The highest BCUT2D eigenvalue weighted by atomic mass is 16.4. The quantitative estimate of drug-likeness (QED) is 0.750. The van der Waals surface area contributed by atoms with Crippen molar-refractivity contribution in [3.8, 4) is 5.75 Å². The van der Waals surface area contributed by atoms with E-state index in [1.807, 2.05) is 13.8 Å². The van der Waals surface area contributed by atoms with E-state index in [9.17, 15) is 14.7 Å². The number of aryl methyl sites for hydroxylation is 1. The second kappa shape index (κ2) is 7.69. The molecule has 0 fully saturated rings. The van der Waals surface area contributed by atoms with Gasteiger partial charge in [0.2, 0.25) is 5.43 Å². The summed E-state index contributed by atoms with van der Waals surface area (Å²) >= 11 is 0. The Morgan fingerprint density at radius 1 is 1.35 bits per heavy atom. The lowest BCUT2D eigenvalue weighted by atomic mass is 10.2. The number of aromatic hydroxyl groups is 1. The summed E-state index contributed by atoms with van der Waals surface area (Å²) in [6, 6.07) is 1.43. The van der Waals surface area contributed by atoms with Gasteiger partial charge >= 0.3 is 5.97 Å². The molecule has 0 radical (unpaired) electrons. The monoisotopic (exact) mass is 282 g/mol. The van der Waals surface area contributed by atoms with Crippen LogP contribution in [0.5, 0.6) is 5.75 Å². The zero-order valence-corrected chi connectivity index (χ0v) is 12.0. The molecule has 2 N–H and O–H groups in total. The number of aromatic nitrogens is 1. The first-order valence-corrected chi connectivity index (χ1v) is 6.84. The molecule has 0 bridgehead atoms. The number of pyridine rings is 1. The molecule has 6 nitrogen and oxygen atoms in total. The van der Waals surface area contributed by atoms with Crippen LogP contribution >= 0.6 is 0 Å². The molecular weight excluding hydrogens is 260 g/mol. The van der Waals surface area contributed by atoms with Gasteiger partial charge in [-0.2, -0.15) is 0 Å². The molecule has 0 unspecified atom stereocenters. The average Bonchev–Trinajstić information content (AvgIpc) is 2.40. The maximum atomic E-state index is 11.6. The van der Waals surface area contributed by atoms with Gasteiger partial charge < -0.3 is 14.8 Å². The third-order valence-electron chi connectivity index (χ3n) is 3.27. The highest BCUT2D eigenvalue weighted by Crippen LogP contribution is 2.10. The minimum Gasteiger partial charge on any atom is -0.503 e. The van der Waals surface area contributed by atoms with E-state index in [2.05, 4.69) is 4.90 Å². The third kappa shape index (κ3) is 4.70. The van der Waals surface area contributed by atoms with Crippen molar-refractivity contribution < 1.29 is 15.0 Å². The second-order valence-electron chi connectivity index (χ2n) is 4.67. The minimum absolute atomic E-state index is 0.0671. The number of nitrogens with zero attached hydrogens (tertiary/aromatic N) is 2. The Morgan fingerprint density at radius 2 is 2.00 bits per heavy atom. The lowest BCUT2D eigenvalue weighted by Gasteiger charge is -2.21. The molecule has 6 heteroatoms. The van der Waals surface area contributed by atoms with Crippen LogP contribution in [-0.2, 0) is 17.9 Å². The molecule has 1 aromatic heterocycles. The lowest BCUT2D eigenvalue weighted by Crippen LogP contribution is -2.26. The first-order chi connectivity index (χ1) is 9.47. The van der Waals surface area contributed by atoms with E-state index in [1.165, 1.54) is 12.3 Å². The predicted octanol–water partition coefficient (Wildman–Crippen LogP) is 1.26. The van der Waals surface area contributed by atoms with E-state index >= 15 is 0 Å². The van der Waals surface area contributed by atoms with Crippen LogP contribution in [0.15, 0.2) is 17.1 Å². The Labute approximate surface area is 118 Å². The van der Waals surface area contributed by atoms with Crippen LogP contribution in [0.2, 0.25) is 0 Å². The Balaban J connectivity index is 2.91. The fraction of sp³-hybridized carbons (Fsp3) is 0.571. The van der Waals surface area contributed by atoms with Gasteiger partial charge in [-0.05, 0) is 19.5 Å². The minimum atomic E-state index is -0.847. The van der Waals surface area contributed by atoms with Gasteiger partial charge in [0.1, 0.15) is 0 Å². The van der Waals surface area contributed by atoms with Crippen LogP contribution in [0.4, 0.5) is 0 Å². The average molecular weight is 282 g/mol. The predicted molar refractivity (Wildman–Crippen MR) is 75.9 cm³/mol. The normalized spacial score (nSPS) is 10.9. The fourth-order valence-corrected chi connectivity index (χ4v) is 2.02. The van der Waals surface area contributed by atoms with Gasteiger partial charge in [-0.3, -0.25) is 14.5 Å². The molecule has 0 aromatic carbocycles. The van der Waals surface area contributed by atoms with Gasteiger partial charge in [0.15, 0.2) is 5.75 Å². The van der Waals surface area contributed by atoms with Crippen LogP contribution in [0.3, 0.4) is 0 Å². The summed E-state index contributed by atoms with van der Waals surface area (Å²) in [5.41, 5.74) is 0.392. The molecule has 0 saturated heterocycles. The molecule has 0 aliphatic carbocycles. The van der Waals surface area contributed by atoms with Crippen molar-refractivity contribution in [2.24, 2.45) is 0 Å². The summed E-state index contributed by atoms with van der Waals surface area (Å²) < 4.78 is 1.76. The fourth-order valence-electron chi connectivity index (χ4n) is 2.02. The first kappa shape index (κ1) is 16.2. The first-order valence-electron chi connectivity index (χ1n) is 6.84. The van der Waals surface area contributed by atoms with E-state index < -0.39 is 11.4 Å². The second-order valence-corrected chi connectivity index (χ2v) is 4.67. The van der Waals surface area contributed by atoms with Gasteiger partial charge in [-0.15, -0.1) is 0 Å². The molecule has 1 heterocycles. The summed E-state index contributed by atoms with van der Waals surface area (Å²) in [7, 11) is 0. The SMILES string of the molecule is CCN(CC)Cc1cc(=O)c(O)cn1CCCC(=O)O. The van der Waals surface area contributed by atoms with Crippen molar-refractivity contribution in [1.29, 1.82) is 0 Å². The molecular formula is C14H22N2O4. The maximum absolute atomic E-state index is 11.6. The molecule has 1 aromatic rings. The summed E-state index contributed by atoms with van der Waals surface area (Å²) in [6.45, 7) is 6.88. The Hall–Kier alpha value is -1.82. The van der Waals surface area contributed by atoms with Gasteiger partial charge in [0.05, 0.1) is 6.20 Å². The molecule has 0 saturated carbocycles. The number of carbonyl (C=O) groups is 1. The Kier molecular flexibility index (Phi) is 6.24. The van der Waals surface area contributed by atoms with Crippen LogP contribution < -0.4 is 5.43 Å². The molecule has 0 atom stereocenters. The van der Waals surface area contributed by atoms with E-state index in [0.29, 0.717) is 19.5 Å². The maximum Gasteiger partial charge on any atom is 0.303 e. The highest BCUT2D eigenvalue weighted by Gasteiger charge is 2.09. The smallest absolute Gasteiger partial charge is 0.303 e. The summed E-state index contributed by atoms with van der Waals surface area (Å²) in [4.78, 5) is 24.3. The number of hydrogen-bond acceptors (Lipinski definition) is 4. The zero-order chi connectivity index (χ0) is 15.1. The molecule has 20 heavy (non-hydrogen) atoms. The largest absolute Gasteiger partial charge is 0.503 e. The van der Waals surface area contributed by atoms with E-state index in [4.69, 9.17) is 5.11 Å². The number of rotatable bonds is 8. The summed E-state index contributed by atoms with van der Waals surface area (Å²) in [5, 5.41) is 18.2. The Morgan fingerprint density at radius 3 is 2.55 bits per heavy atom.